The van der Waals surface area contributed by atoms with Crippen LogP contribution in [0, 0.1) is 0 Å². The van der Waals surface area contributed by atoms with Gasteiger partial charge in [0.1, 0.15) is 5.75 Å². The lowest BCUT2D eigenvalue weighted by Gasteiger charge is -2.20. The van der Waals surface area contributed by atoms with E-state index >= 15 is 0 Å². The van der Waals surface area contributed by atoms with Crippen molar-refractivity contribution in [1.29, 1.82) is 0 Å². The van der Waals surface area contributed by atoms with Crippen molar-refractivity contribution in [2.45, 2.75) is 19.1 Å². The zero-order valence-corrected chi connectivity index (χ0v) is 12.6. The topological polar surface area (TPSA) is 98.7 Å². The van der Waals surface area contributed by atoms with E-state index in [1.807, 2.05) is 6.07 Å². The average molecular weight is 314 g/mol. The van der Waals surface area contributed by atoms with Crippen LogP contribution in [0.4, 0.5) is 5.69 Å². The van der Waals surface area contributed by atoms with Gasteiger partial charge in [0.05, 0.1) is 17.8 Å². The molecule has 6 heteroatoms. The number of rotatable bonds is 4. The number of carbonyl (C=O) groups excluding carboxylic acids is 2. The smallest absolute Gasteiger partial charge is 0.313 e. The Kier molecular flexibility index (Phi) is 5.32. The summed E-state index contributed by atoms with van der Waals surface area (Å²) < 4.78 is 0. The fourth-order valence-corrected chi connectivity index (χ4v) is 2.05. The summed E-state index contributed by atoms with van der Waals surface area (Å²) in [6, 6.07) is 14.3. The van der Waals surface area contributed by atoms with Crippen molar-refractivity contribution in [2.24, 2.45) is 0 Å². The van der Waals surface area contributed by atoms with Crippen molar-refractivity contribution in [3.8, 4) is 5.75 Å². The Morgan fingerprint density at radius 1 is 0.957 bits per heavy atom. The highest BCUT2D eigenvalue weighted by Gasteiger charge is 2.22. The molecule has 6 nitrogen and oxygen atoms in total. The van der Waals surface area contributed by atoms with Crippen LogP contribution in [0.15, 0.2) is 54.6 Å². The van der Waals surface area contributed by atoms with E-state index in [0.29, 0.717) is 5.56 Å². The minimum atomic E-state index is -0.932. The molecule has 0 unspecified atom stereocenters. The van der Waals surface area contributed by atoms with Crippen molar-refractivity contribution in [3.63, 3.8) is 0 Å². The Balaban J connectivity index is 1.95. The van der Waals surface area contributed by atoms with Gasteiger partial charge < -0.3 is 20.8 Å². The molecule has 0 heterocycles. The molecule has 2 amide bonds. The molecule has 0 bridgehead atoms. The van der Waals surface area contributed by atoms with E-state index in [4.69, 9.17) is 0 Å². The lowest BCUT2D eigenvalue weighted by atomic mass is 10.0. The molecule has 0 saturated heterocycles. The normalized spacial score (nSPS) is 13.0. The van der Waals surface area contributed by atoms with Crippen LogP contribution < -0.4 is 10.6 Å². The number of aliphatic hydroxyl groups excluding tert-OH is 1. The first-order chi connectivity index (χ1) is 11.0. The first-order valence-electron chi connectivity index (χ1n) is 7.12. The number of hydrogen-bond donors (Lipinski definition) is 4. The van der Waals surface area contributed by atoms with Crippen LogP contribution in [-0.4, -0.2) is 28.1 Å². The van der Waals surface area contributed by atoms with E-state index < -0.39 is 24.0 Å². The van der Waals surface area contributed by atoms with E-state index in [-0.39, 0.29) is 11.4 Å². The maximum Gasteiger partial charge on any atom is 0.313 e. The number of para-hydroxylation sites is 2. The fraction of sp³-hybridized carbons (Fsp3) is 0.176. The number of aromatic hydroxyl groups is 1. The number of hydrogen-bond acceptors (Lipinski definition) is 4. The van der Waals surface area contributed by atoms with Gasteiger partial charge in [0.15, 0.2) is 0 Å². The Morgan fingerprint density at radius 2 is 1.57 bits per heavy atom. The second kappa shape index (κ2) is 7.42. The number of amides is 2. The molecule has 2 rings (SSSR count). The number of phenols is 1. The van der Waals surface area contributed by atoms with Crippen molar-refractivity contribution < 1.29 is 19.8 Å². The lowest BCUT2D eigenvalue weighted by Crippen LogP contribution is -2.43. The molecule has 0 spiro atoms. The Bertz CT molecular complexity index is 688. The second-order valence-corrected chi connectivity index (χ2v) is 5.09. The molecule has 0 aromatic heterocycles. The Hall–Kier alpha value is -2.86. The van der Waals surface area contributed by atoms with Gasteiger partial charge in [-0.05, 0) is 24.6 Å². The van der Waals surface area contributed by atoms with Crippen molar-refractivity contribution in [3.05, 3.63) is 60.2 Å². The highest BCUT2D eigenvalue weighted by Crippen LogP contribution is 2.21. The molecule has 23 heavy (non-hydrogen) atoms. The van der Waals surface area contributed by atoms with E-state index in [0.717, 1.165) is 0 Å². The van der Waals surface area contributed by atoms with Crippen molar-refractivity contribution in [1.82, 2.24) is 5.32 Å². The number of nitrogens with one attached hydrogen (secondary N) is 2. The summed E-state index contributed by atoms with van der Waals surface area (Å²) in [5.74, 6) is -1.94. The van der Waals surface area contributed by atoms with E-state index in [1.165, 1.54) is 12.1 Å². The van der Waals surface area contributed by atoms with Crippen LogP contribution in [0.25, 0.3) is 0 Å². The van der Waals surface area contributed by atoms with Crippen molar-refractivity contribution in [2.75, 3.05) is 5.32 Å². The molecule has 2 aromatic rings. The third-order valence-electron chi connectivity index (χ3n) is 3.33. The number of anilines is 1. The lowest BCUT2D eigenvalue weighted by molar-refractivity contribution is -0.137. The molecule has 120 valence electrons. The molecular weight excluding hydrogens is 296 g/mol. The summed E-state index contributed by atoms with van der Waals surface area (Å²) in [7, 11) is 0. The molecule has 2 atom stereocenters. The third kappa shape index (κ3) is 4.31. The monoisotopic (exact) mass is 314 g/mol. The van der Waals surface area contributed by atoms with E-state index in [2.05, 4.69) is 10.6 Å². The molecule has 4 N–H and O–H groups in total. The molecule has 0 aliphatic rings. The van der Waals surface area contributed by atoms with Crippen LogP contribution in [0.5, 0.6) is 5.75 Å². The van der Waals surface area contributed by atoms with Gasteiger partial charge in [-0.2, -0.15) is 0 Å². The van der Waals surface area contributed by atoms with Gasteiger partial charge in [-0.1, -0.05) is 42.5 Å². The predicted molar refractivity (Wildman–Crippen MR) is 85.7 cm³/mol. The number of phenolic OH excluding ortho intramolecular Hbond substituents is 1. The minimum Gasteiger partial charge on any atom is -0.506 e. The van der Waals surface area contributed by atoms with E-state index in [9.17, 15) is 19.8 Å². The second-order valence-electron chi connectivity index (χ2n) is 5.09. The van der Waals surface area contributed by atoms with Gasteiger partial charge in [0.2, 0.25) is 0 Å². The average Bonchev–Trinajstić information content (AvgIpc) is 2.56. The molecule has 0 aliphatic heterocycles. The summed E-state index contributed by atoms with van der Waals surface area (Å²) >= 11 is 0. The van der Waals surface area contributed by atoms with Crippen LogP contribution in [0.2, 0.25) is 0 Å². The van der Waals surface area contributed by atoms with Crippen LogP contribution in [0.1, 0.15) is 18.6 Å². The molecule has 0 saturated carbocycles. The number of aliphatic hydroxyl groups is 1. The van der Waals surface area contributed by atoms with Gasteiger partial charge >= 0.3 is 11.8 Å². The summed E-state index contributed by atoms with van der Waals surface area (Å²) in [5.41, 5.74) is 0.783. The summed E-state index contributed by atoms with van der Waals surface area (Å²) in [6.07, 6.45) is -0.932. The first-order valence-corrected chi connectivity index (χ1v) is 7.12. The number of benzene rings is 2. The molecule has 0 fully saturated rings. The van der Waals surface area contributed by atoms with Gasteiger partial charge in [0, 0.05) is 0 Å². The number of carbonyl (C=O) groups is 2. The highest BCUT2D eigenvalue weighted by molar-refractivity contribution is 6.39. The first kappa shape index (κ1) is 16.5. The van der Waals surface area contributed by atoms with Crippen molar-refractivity contribution >= 4 is 17.5 Å². The maximum atomic E-state index is 11.9. The summed E-state index contributed by atoms with van der Waals surface area (Å²) in [5, 5.41) is 24.5. The van der Waals surface area contributed by atoms with Gasteiger partial charge in [0.25, 0.3) is 0 Å². The molecule has 2 aromatic carbocycles. The van der Waals surface area contributed by atoms with Gasteiger partial charge in [-0.15, -0.1) is 0 Å². The zero-order valence-electron chi connectivity index (χ0n) is 12.6. The summed E-state index contributed by atoms with van der Waals surface area (Å²) in [6.45, 7) is 1.60. The highest BCUT2D eigenvalue weighted by atomic mass is 16.3. The zero-order chi connectivity index (χ0) is 16.8. The largest absolute Gasteiger partial charge is 0.506 e. The predicted octanol–water partition coefficient (Wildman–Crippen LogP) is 1.57. The summed E-state index contributed by atoms with van der Waals surface area (Å²) in [4.78, 5) is 23.7. The standard InChI is InChI=1S/C17H18N2O4/c1-11(15(21)12-7-3-2-4-8-12)18-16(22)17(23)19-13-9-5-6-10-14(13)20/h2-11,15,20-21H,1H3,(H,18,22)(H,19,23)/t11-,15-/m0/s1. The Morgan fingerprint density at radius 3 is 2.22 bits per heavy atom. The van der Waals surface area contributed by atoms with Crippen LogP contribution >= 0.6 is 0 Å². The van der Waals surface area contributed by atoms with Crippen LogP contribution in [-0.2, 0) is 9.59 Å². The molecule has 0 radical (unpaired) electrons. The molecular formula is C17H18N2O4. The van der Waals surface area contributed by atoms with Crippen LogP contribution in [0.3, 0.4) is 0 Å². The molecule has 0 aliphatic carbocycles. The SMILES string of the molecule is C[C@H](NC(=O)C(=O)Nc1ccccc1O)[C@H](O)c1ccccc1. The van der Waals surface area contributed by atoms with Gasteiger partial charge in [-0.25, -0.2) is 0 Å². The maximum absolute atomic E-state index is 11.9. The third-order valence-corrected chi connectivity index (χ3v) is 3.33. The fourth-order valence-electron chi connectivity index (χ4n) is 2.05. The van der Waals surface area contributed by atoms with Gasteiger partial charge in [-0.3, -0.25) is 9.59 Å². The Labute approximate surface area is 133 Å². The minimum absolute atomic E-state index is 0.133. The quantitative estimate of drug-likeness (QED) is 0.508. The van der Waals surface area contributed by atoms with E-state index in [1.54, 1.807) is 43.3 Å².